The van der Waals surface area contributed by atoms with Gasteiger partial charge in [0.1, 0.15) is 12.1 Å². The van der Waals surface area contributed by atoms with E-state index in [4.69, 9.17) is 10.5 Å². The molecule has 0 spiro atoms. The Hall–Kier alpha value is -1.75. The first-order valence-electron chi connectivity index (χ1n) is 11.3. The number of ether oxygens (including phenoxy) is 1. The van der Waals surface area contributed by atoms with Crippen LogP contribution in [0.3, 0.4) is 0 Å². The number of esters is 1. The second-order valence-corrected chi connectivity index (χ2v) is 11.5. The van der Waals surface area contributed by atoms with Crippen LogP contribution in [0.25, 0.3) is 0 Å². The number of carbonyl (C=O) groups is 3. The van der Waals surface area contributed by atoms with Crippen LogP contribution >= 0.6 is 21.6 Å². The number of nitrogens with zero attached hydrogens (tertiary/aromatic N) is 1. The summed E-state index contributed by atoms with van der Waals surface area (Å²) in [6, 6.07) is 5.95. The van der Waals surface area contributed by atoms with Crippen molar-refractivity contribution in [2.75, 3.05) is 25.2 Å². The van der Waals surface area contributed by atoms with Crippen molar-refractivity contribution >= 4 is 39.4 Å². The van der Waals surface area contributed by atoms with Gasteiger partial charge in [0.15, 0.2) is 0 Å². The molecule has 2 heterocycles. The van der Waals surface area contributed by atoms with Crippen molar-refractivity contribution in [3.8, 4) is 0 Å². The fourth-order valence-corrected chi connectivity index (χ4v) is 6.50. The predicted octanol–water partition coefficient (Wildman–Crippen LogP) is 1.32. The Morgan fingerprint density at radius 3 is 2.61 bits per heavy atom. The molecule has 2 amide bonds. The van der Waals surface area contributed by atoms with Crippen LogP contribution in [0.4, 0.5) is 0 Å². The fourth-order valence-electron chi connectivity index (χ4n) is 4.11. The quantitative estimate of drug-likeness (QED) is 0.401. The minimum absolute atomic E-state index is 0.0314. The van der Waals surface area contributed by atoms with Gasteiger partial charge in [0, 0.05) is 37.1 Å². The van der Waals surface area contributed by atoms with Crippen molar-refractivity contribution in [2.24, 2.45) is 11.7 Å². The largest absolute Gasteiger partial charge is 0.467 e. The number of hydrogen-bond donors (Lipinski definition) is 3. The highest BCUT2D eigenvalue weighted by molar-refractivity contribution is 8.76. The van der Waals surface area contributed by atoms with Gasteiger partial charge in [0.25, 0.3) is 0 Å². The number of nitrogens with two attached hydrogens (primary N) is 1. The number of benzene rings is 1. The normalized spacial score (nSPS) is 24.3. The van der Waals surface area contributed by atoms with Gasteiger partial charge in [-0.3, -0.25) is 9.59 Å². The molecule has 8 nitrogen and oxygen atoms in total. The van der Waals surface area contributed by atoms with E-state index in [0.717, 1.165) is 16.9 Å². The van der Waals surface area contributed by atoms with E-state index in [2.05, 4.69) is 10.6 Å². The van der Waals surface area contributed by atoms with Crippen LogP contribution in [0.2, 0.25) is 0 Å². The first kappa shape index (κ1) is 25.9. The van der Waals surface area contributed by atoms with Crippen molar-refractivity contribution < 1.29 is 19.1 Å². The second kappa shape index (κ2) is 12.1. The monoisotopic (exact) mass is 494 g/mol. The number of methoxy groups -OCH3 is 1. The van der Waals surface area contributed by atoms with Crippen LogP contribution in [0.15, 0.2) is 24.3 Å². The minimum Gasteiger partial charge on any atom is -0.467 e. The van der Waals surface area contributed by atoms with E-state index in [1.165, 1.54) is 7.11 Å². The van der Waals surface area contributed by atoms with E-state index >= 15 is 0 Å². The Balaban J connectivity index is 1.83. The number of hydrogen-bond acceptors (Lipinski definition) is 8. The van der Waals surface area contributed by atoms with Crippen LogP contribution in [-0.4, -0.2) is 72.0 Å². The molecule has 0 saturated carbocycles. The van der Waals surface area contributed by atoms with E-state index in [9.17, 15) is 14.4 Å². The van der Waals surface area contributed by atoms with Crippen LogP contribution in [-0.2, 0) is 32.1 Å². The summed E-state index contributed by atoms with van der Waals surface area (Å²) < 4.78 is 4.90. The molecule has 4 unspecified atom stereocenters. The lowest BCUT2D eigenvalue weighted by Crippen LogP contribution is -2.60. The zero-order valence-electron chi connectivity index (χ0n) is 19.4. The number of rotatable bonds is 6. The lowest BCUT2D eigenvalue weighted by molar-refractivity contribution is -0.148. The van der Waals surface area contributed by atoms with Crippen molar-refractivity contribution in [1.29, 1.82) is 0 Å². The Morgan fingerprint density at radius 1 is 1.21 bits per heavy atom. The standard InChI is InChI=1S/C23H34N4O4S2/c1-14(2)8-18(23(30)31-3)26-21(28)20-9-15-6-4-5-7-16(15)11-27(20)22(29)19-13-33-32-12-17(24)10-25-19/h4-7,14,17-20,25H,8-13,24H2,1-3H3,(H,26,28). The maximum absolute atomic E-state index is 13.6. The molecule has 1 saturated heterocycles. The third kappa shape index (κ3) is 6.88. The van der Waals surface area contributed by atoms with Gasteiger partial charge in [-0.2, -0.15) is 0 Å². The fraction of sp³-hybridized carbons (Fsp3) is 0.609. The molecular weight excluding hydrogens is 460 g/mol. The molecule has 0 aliphatic carbocycles. The van der Waals surface area contributed by atoms with Gasteiger partial charge < -0.3 is 26.0 Å². The molecule has 1 aromatic rings. The third-order valence-electron chi connectivity index (χ3n) is 5.87. The summed E-state index contributed by atoms with van der Waals surface area (Å²) in [7, 11) is 4.60. The molecule has 4 atom stereocenters. The van der Waals surface area contributed by atoms with E-state index in [1.807, 2.05) is 38.1 Å². The van der Waals surface area contributed by atoms with Gasteiger partial charge in [-0.1, -0.05) is 59.7 Å². The third-order valence-corrected chi connectivity index (χ3v) is 8.39. The van der Waals surface area contributed by atoms with E-state index < -0.39 is 24.1 Å². The molecule has 2 aliphatic rings. The summed E-state index contributed by atoms with van der Waals surface area (Å²) >= 11 is 0. The number of nitrogens with one attached hydrogen (secondary N) is 2. The van der Waals surface area contributed by atoms with Crippen molar-refractivity contribution in [3.63, 3.8) is 0 Å². The van der Waals surface area contributed by atoms with Crippen molar-refractivity contribution in [2.45, 2.75) is 57.4 Å². The van der Waals surface area contributed by atoms with Gasteiger partial charge in [-0.25, -0.2) is 4.79 Å². The Kier molecular flexibility index (Phi) is 9.48. The Labute approximate surface area is 203 Å². The summed E-state index contributed by atoms with van der Waals surface area (Å²) in [4.78, 5) is 41.0. The smallest absolute Gasteiger partial charge is 0.328 e. The van der Waals surface area contributed by atoms with Crippen LogP contribution in [0.5, 0.6) is 0 Å². The van der Waals surface area contributed by atoms with Gasteiger partial charge in [0.2, 0.25) is 11.8 Å². The number of carbonyl (C=O) groups excluding carboxylic acids is 3. The van der Waals surface area contributed by atoms with E-state index in [-0.39, 0.29) is 23.8 Å². The molecule has 3 rings (SSSR count). The number of amides is 2. The molecule has 0 radical (unpaired) electrons. The Morgan fingerprint density at radius 2 is 1.91 bits per heavy atom. The summed E-state index contributed by atoms with van der Waals surface area (Å²) in [6.45, 7) is 4.86. The molecule has 0 aromatic heterocycles. The van der Waals surface area contributed by atoms with Crippen LogP contribution in [0, 0.1) is 5.92 Å². The molecule has 0 bridgehead atoms. The highest BCUT2D eigenvalue weighted by atomic mass is 33.1. The molecule has 1 aromatic carbocycles. The molecular formula is C23H34N4O4S2. The van der Waals surface area contributed by atoms with Gasteiger partial charge >= 0.3 is 5.97 Å². The molecule has 10 heteroatoms. The zero-order chi connectivity index (χ0) is 24.0. The van der Waals surface area contributed by atoms with Crippen LogP contribution in [0.1, 0.15) is 31.4 Å². The minimum atomic E-state index is -0.749. The van der Waals surface area contributed by atoms with Crippen LogP contribution < -0.4 is 16.4 Å². The maximum atomic E-state index is 13.6. The van der Waals surface area contributed by atoms with E-state index in [0.29, 0.717) is 31.7 Å². The first-order chi connectivity index (χ1) is 15.8. The SMILES string of the molecule is COC(=O)C(CC(C)C)NC(=O)C1Cc2ccccc2CN1C(=O)C1CSSCC(N)CN1. The van der Waals surface area contributed by atoms with E-state index in [1.54, 1.807) is 26.5 Å². The maximum Gasteiger partial charge on any atom is 0.328 e. The van der Waals surface area contributed by atoms with Gasteiger partial charge in [-0.05, 0) is 23.5 Å². The molecule has 2 aliphatic heterocycles. The average molecular weight is 495 g/mol. The molecule has 1 fully saturated rings. The zero-order valence-corrected chi connectivity index (χ0v) is 21.0. The highest BCUT2D eigenvalue weighted by Crippen LogP contribution is 2.28. The summed E-state index contributed by atoms with van der Waals surface area (Å²) in [6.07, 6.45) is 0.864. The van der Waals surface area contributed by atoms with Crippen molar-refractivity contribution in [3.05, 3.63) is 35.4 Å². The summed E-state index contributed by atoms with van der Waals surface area (Å²) in [5.41, 5.74) is 8.16. The Bertz CT molecular complexity index is 854. The molecule has 182 valence electrons. The highest BCUT2D eigenvalue weighted by Gasteiger charge is 2.39. The topological polar surface area (TPSA) is 114 Å². The number of fused-ring (bicyclic) bond motifs is 1. The second-order valence-electron chi connectivity index (χ2n) is 8.96. The van der Waals surface area contributed by atoms with Gasteiger partial charge in [0.05, 0.1) is 13.2 Å². The summed E-state index contributed by atoms with van der Waals surface area (Å²) in [5, 5.41) is 6.15. The van der Waals surface area contributed by atoms with Gasteiger partial charge in [-0.15, -0.1) is 0 Å². The summed E-state index contributed by atoms with van der Waals surface area (Å²) in [5.74, 6) is 0.683. The lowest BCUT2D eigenvalue weighted by Gasteiger charge is -2.39. The lowest BCUT2D eigenvalue weighted by atomic mass is 9.92. The first-order valence-corrected chi connectivity index (χ1v) is 13.8. The molecule has 33 heavy (non-hydrogen) atoms. The molecule has 4 N–H and O–H groups in total. The average Bonchev–Trinajstić information content (AvgIpc) is 2.79. The van der Waals surface area contributed by atoms with Crippen molar-refractivity contribution in [1.82, 2.24) is 15.5 Å². The predicted molar refractivity (Wildman–Crippen MR) is 133 cm³/mol.